The Hall–Kier alpha value is -6.33. The molecular formula is C44H31N5. The third kappa shape index (κ3) is 4.02. The molecule has 0 bridgehead atoms. The standard InChI is InChI=1S/C44H31N5/c1-44(2)35-24-14-12-23-32(35)40-39(44)34-26-33-31-22-13-15-25-36(31)49(37(33)27-38(34)48(40)30-20-10-5-11-21-30)43-46-41(28-16-6-3-7-17-28)45-42(47-43)29-18-8-4-9-19-29/h3-27H,1-2H3. The third-order valence-corrected chi connectivity index (χ3v) is 10.1. The number of hydrogen-bond acceptors (Lipinski definition) is 3. The van der Waals surface area contributed by atoms with E-state index in [1.54, 1.807) is 0 Å². The molecule has 0 amide bonds. The number of nitrogens with zero attached hydrogens (tertiary/aromatic N) is 5. The molecule has 49 heavy (non-hydrogen) atoms. The first kappa shape index (κ1) is 27.8. The lowest BCUT2D eigenvalue weighted by Crippen LogP contribution is -2.14. The Bertz CT molecular complexity index is 2660. The highest BCUT2D eigenvalue weighted by molar-refractivity contribution is 6.15. The predicted molar refractivity (Wildman–Crippen MR) is 199 cm³/mol. The first-order valence-corrected chi connectivity index (χ1v) is 16.7. The quantitative estimate of drug-likeness (QED) is 0.195. The fourth-order valence-corrected chi connectivity index (χ4v) is 7.96. The highest BCUT2D eigenvalue weighted by atomic mass is 15.2. The second-order valence-corrected chi connectivity index (χ2v) is 13.3. The van der Waals surface area contributed by atoms with E-state index in [1.165, 1.54) is 33.2 Å². The zero-order valence-corrected chi connectivity index (χ0v) is 27.2. The molecule has 5 nitrogen and oxygen atoms in total. The van der Waals surface area contributed by atoms with Crippen LogP contribution in [0.15, 0.2) is 152 Å². The van der Waals surface area contributed by atoms with Gasteiger partial charge >= 0.3 is 0 Å². The Morgan fingerprint density at radius 2 is 1.04 bits per heavy atom. The van der Waals surface area contributed by atoms with Gasteiger partial charge in [-0.1, -0.05) is 135 Å². The first-order chi connectivity index (χ1) is 24.1. The van der Waals surface area contributed by atoms with Crippen LogP contribution in [0.4, 0.5) is 0 Å². The summed E-state index contributed by atoms with van der Waals surface area (Å²) in [5, 5.41) is 3.60. The SMILES string of the molecule is CC1(C)c2ccccc2-c2c1c1cc3c4ccccc4n(-c4nc(-c5ccccc5)nc(-c5ccccc5)n4)c3cc1n2-c1ccccc1. The van der Waals surface area contributed by atoms with Crippen LogP contribution in [-0.2, 0) is 5.41 Å². The Balaban J connectivity index is 1.34. The average Bonchev–Trinajstić information content (AvgIpc) is 3.75. The first-order valence-electron chi connectivity index (χ1n) is 16.7. The highest BCUT2D eigenvalue weighted by Gasteiger charge is 2.40. The number of hydrogen-bond donors (Lipinski definition) is 0. The van der Waals surface area contributed by atoms with Crippen molar-refractivity contribution in [2.75, 3.05) is 0 Å². The smallest absolute Gasteiger partial charge is 0.238 e. The maximum absolute atomic E-state index is 5.17. The molecule has 0 radical (unpaired) electrons. The molecule has 3 heterocycles. The van der Waals surface area contributed by atoms with E-state index < -0.39 is 0 Å². The van der Waals surface area contributed by atoms with Crippen molar-refractivity contribution >= 4 is 32.7 Å². The molecule has 0 aliphatic heterocycles. The van der Waals surface area contributed by atoms with Crippen LogP contribution in [0.5, 0.6) is 0 Å². The van der Waals surface area contributed by atoms with Crippen molar-refractivity contribution in [3.8, 4) is 45.7 Å². The molecule has 1 aliphatic rings. The molecule has 1 aliphatic carbocycles. The van der Waals surface area contributed by atoms with Crippen molar-refractivity contribution < 1.29 is 0 Å². The van der Waals surface area contributed by atoms with E-state index in [-0.39, 0.29) is 5.41 Å². The monoisotopic (exact) mass is 629 g/mol. The Morgan fingerprint density at radius 3 is 1.73 bits per heavy atom. The van der Waals surface area contributed by atoms with Gasteiger partial charge in [0.2, 0.25) is 5.95 Å². The van der Waals surface area contributed by atoms with Gasteiger partial charge in [-0.15, -0.1) is 0 Å². The summed E-state index contributed by atoms with van der Waals surface area (Å²) >= 11 is 0. The van der Waals surface area contributed by atoms with Gasteiger partial charge in [0.1, 0.15) is 0 Å². The zero-order valence-electron chi connectivity index (χ0n) is 27.2. The van der Waals surface area contributed by atoms with Crippen LogP contribution >= 0.6 is 0 Å². The Labute approximate surface area is 283 Å². The van der Waals surface area contributed by atoms with Crippen LogP contribution in [0.2, 0.25) is 0 Å². The second-order valence-electron chi connectivity index (χ2n) is 13.3. The van der Waals surface area contributed by atoms with Crippen molar-refractivity contribution in [3.63, 3.8) is 0 Å². The van der Waals surface area contributed by atoms with Crippen LogP contribution in [0.3, 0.4) is 0 Å². The molecule has 232 valence electrons. The average molecular weight is 630 g/mol. The van der Waals surface area contributed by atoms with Crippen LogP contribution in [-0.4, -0.2) is 24.1 Å². The van der Waals surface area contributed by atoms with E-state index >= 15 is 0 Å². The van der Waals surface area contributed by atoms with Gasteiger partial charge in [-0.2, -0.15) is 9.97 Å². The van der Waals surface area contributed by atoms with Crippen molar-refractivity contribution in [2.24, 2.45) is 0 Å². The maximum Gasteiger partial charge on any atom is 0.238 e. The van der Waals surface area contributed by atoms with Gasteiger partial charge in [0.05, 0.1) is 22.2 Å². The number of aromatic nitrogens is 5. The van der Waals surface area contributed by atoms with E-state index in [4.69, 9.17) is 15.0 Å². The zero-order chi connectivity index (χ0) is 32.7. The molecular weight excluding hydrogens is 599 g/mol. The van der Waals surface area contributed by atoms with Gasteiger partial charge in [0.15, 0.2) is 11.6 Å². The number of benzene rings is 6. The molecule has 0 fully saturated rings. The van der Waals surface area contributed by atoms with Gasteiger partial charge in [0.25, 0.3) is 0 Å². The minimum atomic E-state index is -0.167. The fraction of sp³-hybridized carbons (Fsp3) is 0.0682. The number of rotatable bonds is 4. The van der Waals surface area contributed by atoms with Crippen molar-refractivity contribution in [2.45, 2.75) is 19.3 Å². The van der Waals surface area contributed by atoms with Gasteiger partial charge in [-0.25, -0.2) is 4.98 Å². The molecule has 0 saturated heterocycles. The summed E-state index contributed by atoms with van der Waals surface area (Å²) in [6.07, 6.45) is 0. The third-order valence-electron chi connectivity index (χ3n) is 10.1. The summed E-state index contributed by atoms with van der Waals surface area (Å²) in [5.41, 5.74) is 11.4. The molecule has 3 aromatic heterocycles. The molecule has 0 saturated carbocycles. The van der Waals surface area contributed by atoms with Gasteiger partial charge in [-0.05, 0) is 41.5 Å². The molecule has 0 N–H and O–H groups in total. The minimum absolute atomic E-state index is 0.167. The lowest BCUT2D eigenvalue weighted by atomic mass is 9.81. The van der Waals surface area contributed by atoms with Crippen molar-refractivity contribution in [3.05, 3.63) is 163 Å². The molecule has 6 aromatic carbocycles. The van der Waals surface area contributed by atoms with Crippen LogP contribution in [0, 0.1) is 0 Å². The van der Waals surface area contributed by atoms with Gasteiger partial charge in [0, 0.05) is 44.0 Å². The molecule has 10 rings (SSSR count). The highest BCUT2D eigenvalue weighted by Crippen LogP contribution is 2.54. The fourth-order valence-electron chi connectivity index (χ4n) is 7.96. The summed E-state index contributed by atoms with van der Waals surface area (Å²) in [4.78, 5) is 15.3. The lowest BCUT2D eigenvalue weighted by molar-refractivity contribution is 0.666. The van der Waals surface area contributed by atoms with Crippen LogP contribution in [0.25, 0.3) is 78.4 Å². The topological polar surface area (TPSA) is 48.5 Å². The van der Waals surface area contributed by atoms with E-state index in [2.05, 4.69) is 138 Å². The van der Waals surface area contributed by atoms with Crippen molar-refractivity contribution in [1.82, 2.24) is 24.1 Å². The van der Waals surface area contributed by atoms with Crippen LogP contribution < -0.4 is 0 Å². The summed E-state index contributed by atoms with van der Waals surface area (Å²) < 4.78 is 4.68. The second kappa shape index (κ2) is 10.3. The Morgan fingerprint density at radius 1 is 0.469 bits per heavy atom. The number of para-hydroxylation sites is 2. The summed E-state index contributed by atoms with van der Waals surface area (Å²) in [7, 11) is 0. The largest absolute Gasteiger partial charge is 0.309 e. The van der Waals surface area contributed by atoms with Gasteiger partial charge < -0.3 is 4.57 Å². The normalized spacial score (nSPS) is 13.3. The predicted octanol–water partition coefficient (Wildman–Crippen LogP) is 10.6. The van der Waals surface area contributed by atoms with Crippen molar-refractivity contribution in [1.29, 1.82) is 0 Å². The summed E-state index contributed by atoms with van der Waals surface area (Å²) in [6, 6.07) is 53.3. The van der Waals surface area contributed by atoms with Gasteiger partial charge in [-0.3, -0.25) is 4.57 Å². The summed E-state index contributed by atoms with van der Waals surface area (Å²) in [5.74, 6) is 1.87. The van der Waals surface area contributed by atoms with Crippen LogP contribution in [0.1, 0.15) is 25.0 Å². The van der Waals surface area contributed by atoms with E-state index in [9.17, 15) is 0 Å². The minimum Gasteiger partial charge on any atom is -0.309 e. The van der Waals surface area contributed by atoms with E-state index in [0.717, 1.165) is 38.8 Å². The van der Waals surface area contributed by atoms with E-state index in [1.807, 2.05) is 36.4 Å². The molecule has 0 atom stereocenters. The summed E-state index contributed by atoms with van der Waals surface area (Å²) in [6.45, 7) is 4.72. The maximum atomic E-state index is 5.17. The number of fused-ring (bicyclic) bond motifs is 8. The molecule has 5 heteroatoms. The lowest BCUT2D eigenvalue weighted by Gasteiger charge is -2.21. The molecule has 0 spiro atoms. The Kier molecular flexibility index (Phi) is 5.85. The molecule has 0 unspecified atom stereocenters. The molecule has 9 aromatic rings. The van der Waals surface area contributed by atoms with E-state index in [0.29, 0.717) is 17.6 Å².